The Kier molecular flexibility index (Phi) is 3.19. The molecule has 0 radical (unpaired) electrons. The molecule has 104 valence electrons. The second kappa shape index (κ2) is 5.16. The summed E-state index contributed by atoms with van der Waals surface area (Å²) in [7, 11) is 0. The van der Waals surface area contributed by atoms with Crippen LogP contribution in [-0.2, 0) is 9.53 Å². The third kappa shape index (κ3) is 2.38. The molecule has 0 bridgehead atoms. The first-order valence-electron chi connectivity index (χ1n) is 6.25. The number of nitro groups is 1. The molecule has 2 aromatic carbocycles. The van der Waals surface area contributed by atoms with Crippen molar-refractivity contribution in [2.45, 2.75) is 6.04 Å². The minimum absolute atomic E-state index is 0.141. The van der Waals surface area contributed by atoms with E-state index in [1.54, 1.807) is 36.4 Å². The molecule has 21 heavy (non-hydrogen) atoms. The summed E-state index contributed by atoms with van der Waals surface area (Å²) in [5.41, 5.74) is 0.753. The third-order valence-corrected chi connectivity index (χ3v) is 3.12. The van der Waals surface area contributed by atoms with E-state index in [-0.39, 0.29) is 17.1 Å². The highest BCUT2D eigenvalue weighted by atomic mass is 16.6. The van der Waals surface area contributed by atoms with E-state index in [4.69, 9.17) is 4.74 Å². The first-order chi connectivity index (χ1) is 10.2. The predicted octanol–water partition coefficient (Wildman–Crippen LogP) is 2.64. The number of carbonyl (C=O) groups is 1. The van der Waals surface area contributed by atoms with E-state index >= 15 is 0 Å². The Labute approximate surface area is 119 Å². The smallest absolute Gasteiger partial charge is 0.342 e. The molecule has 0 saturated carbocycles. The van der Waals surface area contributed by atoms with Crippen molar-refractivity contribution < 1.29 is 14.5 Å². The molecule has 6 nitrogen and oxygen atoms in total. The predicted molar refractivity (Wildman–Crippen MR) is 74.9 cm³/mol. The second-order valence-corrected chi connectivity index (χ2v) is 4.44. The first-order valence-corrected chi connectivity index (χ1v) is 6.25. The first kappa shape index (κ1) is 13.0. The molecule has 0 N–H and O–H groups in total. The van der Waals surface area contributed by atoms with Gasteiger partial charge in [-0.3, -0.25) is 10.1 Å². The Morgan fingerprint density at radius 3 is 2.43 bits per heavy atom. The summed E-state index contributed by atoms with van der Waals surface area (Å²) < 4.78 is 5.14. The van der Waals surface area contributed by atoms with Crippen LogP contribution in [0.5, 0.6) is 0 Å². The minimum Gasteiger partial charge on any atom is -0.405 e. The van der Waals surface area contributed by atoms with Gasteiger partial charge in [-0.05, 0) is 18.2 Å². The number of hydrogen-bond acceptors (Lipinski definition) is 5. The molecule has 6 heteroatoms. The number of ether oxygens (including phenoxy) is 1. The van der Waals surface area contributed by atoms with E-state index < -0.39 is 16.9 Å². The largest absolute Gasteiger partial charge is 0.405 e. The fourth-order valence-corrected chi connectivity index (χ4v) is 2.14. The van der Waals surface area contributed by atoms with Crippen LogP contribution in [-0.4, -0.2) is 16.8 Å². The number of hydrogen-bond donors (Lipinski definition) is 0. The van der Waals surface area contributed by atoms with E-state index in [2.05, 4.69) is 4.99 Å². The molecule has 0 amide bonds. The van der Waals surface area contributed by atoms with Gasteiger partial charge >= 0.3 is 5.97 Å². The average molecular weight is 282 g/mol. The van der Waals surface area contributed by atoms with Gasteiger partial charge in [0.15, 0.2) is 6.04 Å². The monoisotopic (exact) mass is 282 g/mol. The Morgan fingerprint density at radius 1 is 1.05 bits per heavy atom. The van der Waals surface area contributed by atoms with E-state index in [0.29, 0.717) is 5.56 Å². The van der Waals surface area contributed by atoms with Crippen molar-refractivity contribution in [3.8, 4) is 0 Å². The second-order valence-electron chi connectivity index (χ2n) is 4.44. The highest BCUT2D eigenvalue weighted by Crippen LogP contribution is 2.32. The van der Waals surface area contributed by atoms with Crippen molar-refractivity contribution in [3.05, 3.63) is 75.8 Å². The van der Waals surface area contributed by atoms with E-state index in [1.165, 1.54) is 12.1 Å². The Balaban J connectivity index is 2.02. The van der Waals surface area contributed by atoms with E-state index in [9.17, 15) is 14.9 Å². The van der Waals surface area contributed by atoms with Crippen LogP contribution in [0.3, 0.4) is 0 Å². The molecule has 1 unspecified atom stereocenters. The number of esters is 1. The maximum Gasteiger partial charge on any atom is 0.342 e. The van der Waals surface area contributed by atoms with Crippen molar-refractivity contribution >= 4 is 17.6 Å². The fourth-order valence-electron chi connectivity index (χ4n) is 2.14. The molecule has 0 fully saturated rings. The van der Waals surface area contributed by atoms with Crippen LogP contribution in [0.2, 0.25) is 0 Å². The topological polar surface area (TPSA) is 81.8 Å². The lowest BCUT2D eigenvalue weighted by Crippen LogP contribution is -2.10. The zero-order chi connectivity index (χ0) is 14.8. The Hall–Kier alpha value is -3.02. The molecular formula is C15H10N2O4. The summed E-state index contributed by atoms with van der Waals surface area (Å²) >= 11 is 0. The molecule has 0 saturated heterocycles. The number of aliphatic imine (C=N–C) groups is 1. The van der Waals surface area contributed by atoms with Crippen LogP contribution in [0.1, 0.15) is 17.2 Å². The van der Waals surface area contributed by atoms with Gasteiger partial charge in [0.2, 0.25) is 5.90 Å². The molecule has 3 rings (SSSR count). The summed E-state index contributed by atoms with van der Waals surface area (Å²) in [6.07, 6.45) is 0. The Morgan fingerprint density at radius 2 is 1.71 bits per heavy atom. The molecule has 2 aromatic rings. The van der Waals surface area contributed by atoms with Gasteiger partial charge in [-0.1, -0.05) is 30.3 Å². The standard InChI is InChI=1S/C15H10N2O4/c18-15-13(11-8-4-5-9-12(11)17(19)20)16-14(21-15)10-6-2-1-3-7-10/h1-9,13H. The summed E-state index contributed by atoms with van der Waals surface area (Å²) in [6, 6.07) is 14.0. The molecule has 1 aliphatic heterocycles. The van der Waals surface area contributed by atoms with Crippen LogP contribution in [0.4, 0.5) is 5.69 Å². The van der Waals surface area contributed by atoms with Crippen LogP contribution >= 0.6 is 0 Å². The summed E-state index contributed by atoms with van der Waals surface area (Å²) in [6.45, 7) is 0. The molecule has 1 aliphatic rings. The number of rotatable bonds is 3. The van der Waals surface area contributed by atoms with Crippen molar-refractivity contribution in [1.29, 1.82) is 0 Å². The number of para-hydroxylation sites is 1. The van der Waals surface area contributed by atoms with Crippen molar-refractivity contribution in [2.75, 3.05) is 0 Å². The average Bonchev–Trinajstić information content (AvgIpc) is 2.90. The van der Waals surface area contributed by atoms with E-state index in [1.807, 2.05) is 6.07 Å². The third-order valence-electron chi connectivity index (χ3n) is 3.12. The van der Waals surface area contributed by atoms with Gasteiger partial charge in [-0.2, -0.15) is 0 Å². The summed E-state index contributed by atoms with van der Waals surface area (Å²) in [4.78, 5) is 26.7. The van der Waals surface area contributed by atoms with Crippen molar-refractivity contribution in [3.63, 3.8) is 0 Å². The van der Waals surface area contributed by atoms with Gasteiger partial charge in [0.25, 0.3) is 5.69 Å². The van der Waals surface area contributed by atoms with Crippen molar-refractivity contribution in [1.82, 2.24) is 0 Å². The molecular weight excluding hydrogens is 272 g/mol. The molecule has 1 atom stereocenters. The van der Waals surface area contributed by atoms with Crippen molar-refractivity contribution in [2.24, 2.45) is 4.99 Å². The minimum atomic E-state index is -0.998. The quantitative estimate of drug-likeness (QED) is 0.492. The molecule has 1 heterocycles. The SMILES string of the molecule is O=C1OC(c2ccccc2)=NC1c1ccccc1[N+](=O)[O-]. The zero-order valence-electron chi connectivity index (χ0n) is 10.8. The number of nitrogens with zero attached hydrogens (tertiary/aromatic N) is 2. The van der Waals surface area contributed by atoms with Gasteiger partial charge in [0.1, 0.15) is 0 Å². The van der Waals surface area contributed by atoms with Crippen LogP contribution in [0.25, 0.3) is 0 Å². The number of nitro benzene ring substituents is 1. The van der Waals surface area contributed by atoms with Gasteiger partial charge in [0.05, 0.1) is 10.5 Å². The molecule has 0 spiro atoms. The van der Waals surface area contributed by atoms with Gasteiger partial charge < -0.3 is 4.74 Å². The number of cyclic esters (lactones) is 1. The van der Waals surface area contributed by atoms with E-state index in [0.717, 1.165) is 0 Å². The van der Waals surface area contributed by atoms with Gasteiger partial charge in [-0.15, -0.1) is 0 Å². The zero-order valence-corrected chi connectivity index (χ0v) is 10.8. The summed E-state index contributed by atoms with van der Waals surface area (Å²) in [5.74, 6) is -0.424. The van der Waals surface area contributed by atoms with Crippen LogP contribution < -0.4 is 0 Å². The maximum absolute atomic E-state index is 12.0. The van der Waals surface area contributed by atoms with Crippen LogP contribution in [0, 0.1) is 10.1 Å². The number of carbonyl (C=O) groups excluding carboxylic acids is 1. The Bertz CT molecular complexity index is 740. The van der Waals surface area contributed by atoms with Crippen LogP contribution in [0.15, 0.2) is 59.6 Å². The van der Waals surface area contributed by atoms with Gasteiger partial charge in [-0.25, -0.2) is 9.79 Å². The molecule has 0 aromatic heterocycles. The number of benzene rings is 2. The maximum atomic E-state index is 12.0. The fraction of sp³-hybridized carbons (Fsp3) is 0.0667. The lowest BCUT2D eigenvalue weighted by molar-refractivity contribution is -0.385. The summed E-state index contributed by atoms with van der Waals surface area (Å²) in [5, 5.41) is 11.0. The lowest BCUT2D eigenvalue weighted by atomic mass is 10.1. The highest BCUT2D eigenvalue weighted by Gasteiger charge is 2.35. The normalized spacial score (nSPS) is 17.2. The van der Waals surface area contributed by atoms with Gasteiger partial charge in [0, 0.05) is 11.6 Å². The lowest BCUT2D eigenvalue weighted by Gasteiger charge is -2.04. The highest BCUT2D eigenvalue weighted by molar-refractivity contribution is 6.06. The molecule has 0 aliphatic carbocycles.